The fraction of sp³-hybridized carbons (Fsp3) is 0.368. The predicted octanol–water partition coefficient (Wildman–Crippen LogP) is 3.17. The monoisotopic (exact) mass is 384 g/mol. The van der Waals surface area contributed by atoms with E-state index in [1.54, 1.807) is 12.4 Å². The lowest BCUT2D eigenvalue weighted by molar-refractivity contribution is -0.125. The van der Waals surface area contributed by atoms with Gasteiger partial charge in [-0.25, -0.2) is 15.0 Å². The van der Waals surface area contributed by atoms with Crippen LogP contribution in [0.3, 0.4) is 0 Å². The maximum atomic E-state index is 12.7. The van der Waals surface area contributed by atoms with Crippen molar-refractivity contribution in [3.63, 3.8) is 0 Å². The second kappa shape index (κ2) is 6.81. The third-order valence-corrected chi connectivity index (χ3v) is 5.33. The number of anilines is 1. The zero-order valence-corrected chi connectivity index (χ0v) is 16.0. The molecule has 1 atom stereocenters. The number of fused-ring (bicyclic) bond motifs is 1. The maximum absolute atomic E-state index is 12.7. The van der Waals surface area contributed by atoms with Crippen molar-refractivity contribution < 1.29 is 4.79 Å². The number of hydrogen-bond acceptors (Lipinski definition) is 5. The number of pyridine rings is 1. The standard InChI is InChI=1S/C19H21ClN6O/c1-3-21-18(27)19(2)6-4-8-26(19)15-5-7-22-17(25-15)14-11-24-16-13(14)9-12(20)10-23-16/h5,7,9-11H,3-4,6,8H2,1-2H3,(H,21,27)(H,23,24)/t19-/m1/s1. The average Bonchev–Trinajstić information content (AvgIpc) is 3.26. The van der Waals surface area contributed by atoms with Crippen molar-refractivity contribution in [2.45, 2.75) is 32.2 Å². The number of hydrogen-bond donors (Lipinski definition) is 2. The van der Waals surface area contributed by atoms with Crippen molar-refractivity contribution in [1.29, 1.82) is 0 Å². The Kier molecular flexibility index (Phi) is 4.47. The van der Waals surface area contributed by atoms with Crippen LogP contribution in [-0.2, 0) is 4.79 Å². The maximum Gasteiger partial charge on any atom is 0.245 e. The van der Waals surface area contributed by atoms with E-state index in [0.29, 0.717) is 17.4 Å². The number of H-pyrrole nitrogens is 1. The molecule has 1 aliphatic rings. The SMILES string of the molecule is CCNC(=O)[C@@]1(C)CCCN1c1ccnc(-c2c[nH]c3ncc(Cl)cc23)n1. The number of rotatable bonds is 4. The summed E-state index contributed by atoms with van der Waals surface area (Å²) in [6.45, 7) is 5.30. The highest BCUT2D eigenvalue weighted by molar-refractivity contribution is 6.31. The van der Waals surface area contributed by atoms with E-state index in [-0.39, 0.29) is 5.91 Å². The normalized spacial score (nSPS) is 19.6. The first-order valence-corrected chi connectivity index (χ1v) is 9.42. The van der Waals surface area contributed by atoms with E-state index in [2.05, 4.69) is 25.2 Å². The van der Waals surface area contributed by atoms with Crippen LogP contribution in [0.4, 0.5) is 5.82 Å². The average molecular weight is 385 g/mol. The Balaban J connectivity index is 1.74. The molecule has 0 radical (unpaired) electrons. The lowest BCUT2D eigenvalue weighted by Gasteiger charge is -2.34. The predicted molar refractivity (Wildman–Crippen MR) is 106 cm³/mol. The number of likely N-dealkylation sites (N-methyl/N-ethyl adjacent to an activating group) is 1. The molecule has 2 N–H and O–H groups in total. The molecule has 1 fully saturated rings. The fourth-order valence-electron chi connectivity index (χ4n) is 3.71. The van der Waals surface area contributed by atoms with Crippen LogP contribution in [-0.4, -0.2) is 44.5 Å². The molecule has 1 aliphatic heterocycles. The number of carbonyl (C=O) groups is 1. The van der Waals surface area contributed by atoms with Gasteiger partial charge in [0.15, 0.2) is 5.82 Å². The highest BCUT2D eigenvalue weighted by atomic mass is 35.5. The van der Waals surface area contributed by atoms with E-state index in [1.807, 2.05) is 32.2 Å². The molecule has 0 spiro atoms. The van der Waals surface area contributed by atoms with Crippen LogP contribution in [0.15, 0.2) is 30.7 Å². The van der Waals surface area contributed by atoms with Gasteiger partial charge in [0.05, 0.1) is 5.02 Å². The molecule has 27 heavy (non-hydrogen) atoms. The second-order valence-corrected chi connectivity index (χ2v) is 7.32. The summed E-state index contributed by atoms with van der Waals surface area (Å²) in [5.41, 5.74) is 0.963. The molecule has 0 aliphatic carbocycles. The van der Waals surface area contributed by atoms with Crippen LogP contribution in [0.5, 0.6) is 0 Å². The number of halogens is 1. The molecule has 0 bridgehead atoms. The molecule has 3 aromatic heterocycles. The second-order valence-electron chi connectivity index (χ2n) is 6.88. The molecule has 3 aromatic rings. The van der Waals surface area contributed by atoms with E-state index in [1.165, 1.54) is 0 Å². The summed E-state index contributed by atoms with van der Waals surface area (Å²) in [5, 5.41) is 4.37. The van der Waals surface area contributed by atoms with Gasteiger partial charge < -0.3 is 15.2 Å². The minimum atomic E-state index is -0.604. The third-order valence-electron chi connectivity index (χ3n) is 5.12. The van der Waals surface area contributed by atoms with E-state index in [4.69, 9.17) is 16.6 Å². The van der Waals surface area contributed by atoms with Crippen molar-refractivity contribution in [2.75, 3.05) is 18.0 Å². The minimum Gasteiger partial charge on any atom is -0.354 e. The van der Waals surface area contributed by atoms with Gasteiger partial charge in [0.1, 0.15) is 17.0 Å². The number of nitrogens with one attached hydrogen (secondary N) is 2. The summed E-state index contributed by atoms with van der Waals surface area (Å²) >= 11 is 6.10. The molecule has 8 heteroatoms. The zero-order valence-electron chi connectivity index (χ0n) is 15.3. The highest BCUT2D eigenvalue weighted by Gasteiger charge is 2.43. The summed E-state index contributed by atoms with van der Waals surface area (Å²) < 4.78 is 0. The number of amides is 1. The number of aromatic amines is 1. The van der Waals surface area contributed by atoms with Gasteiger partial charge in [0, 0.05) is 42.6 Å². The lowest BCUT2D eigenvalue weighted by Crippen LogP contribution is -2.53. The third kappa shape index (κ3) is 3.02. The quantitative estimate of drug-likeness (QED) is 0.721. The van der Waals surface area contributed by atoms with Gasteiger partial charge in [-0.3, -0.25) is 4.79 Å². The Hall–Kier alpha value is -2.67. The van der Waals surface area contributed by atoms with Crippen LogP contribution in [0, 0.1) is 0 Å². The minimum absolute atomic E-state index is 0.0331. The topological polar surface area (TPSA) is 86.8 Å². The molecule has 0 saturated carbocycles. The van der Waals surface area contributed by atoms with Crippen LogP contribution in [0.2, 0.25) is 5.02 Å². The molecule has 1 saturated heterocycles. The van der Waals surface area contributed by atoms with Gasteiger partial charge in [-0.05, 0) is 38.8 Å². The van der Waals surface area contributed by atoms with Gasteiger partial charge in [-0.2, -0.15) is 0 Å². The fourth-order valence-corrected chi connectivity index (χ4v) is 3.87. The lowest BCUT2D eigenvalue weighted by atomic mass is 9.97. The summed E-state index contributed by atoms with van der Waals surface area (Å²) in [5.74, 6) is 1.36. The van der Waals surface area contributed by atoms with E-state index in [9.17, 15) is 4.79 Å². The number of aromatic nitrogens is 4. The van der Waals surface area contributed by atoms with Gasteiger partial charge >= 0.3 is 0 Å². The molecule has 4 heterocycles. The molecule has 1 amide bonds. The smallest absolute Gasteiger partial charge is 0.245 e. The molecule has 0 unspecified atom stereocenters. The van der Waals surface area contributed by atoms with Gasteiger partial charge in [0.2, 0.25) is 5.91 Å². The zero-order chi connectivity index (χ0) is 19.0. The molecule has 0 aromatic carbocycles. The first kappa shape index (κ1) is 17.7. The first-order chi connectivity index (χ1) is 13.0. The summed E-state index contributed by atoms with van der Waals surface area (Å²) in [7, 11) is 0. The van der Waals surface area contributed by atoms with Crippen LogP contribution in [0.1, 0.15) is 26.7 Å². The molecular weight excluding hydrogens is 364 g/mol. The molecule has 4 rings (SSSR count). The Morgan fingerprint density at radius 1 is 1.44 bits per heavy atom. The van der Waals surface area contributed by atoms with E-state index in [0.717, 1.165) is 41.8 Å². The van der Waals surface area contributed by atoms with Crippen molar-refractivity contribution in [2.24, 2.45) is 0 Å². The Morgan fingerprint density at radius 3 is 3.11 bits per heavy atom. The first-order valence-electron chi connectivity index (χ1n) is 9.05. The van der Waals surface area contributed by atoms with Crippen molar-refractivity contribution in [1.82, 2.24) is 25.3 Å². The molecule has 140 valence electrons. The van der Waals surface area contributed by atoms with E-state index < -0.39 is 5.54 Å². The van der Waals surface area contributed by atoms with Crippen molar-refractivity contribution >= 4 is 34.4 Å². The van der Waals surface area contributed by atoms with Gasteiger partial charge in [-0.1, -0.05) is 11.6 Å². The van der Waals surface area contributed by atoms with Gasteiger partial charge in [-0.15, -0.1) is 0 Å². The summed E-state index contributed by atoms with van der Waals surface area (Å²) in [6, 6.07) is 3.70. The Labute approximate surface area is 162 Å². The highest BCUT2D eigenvalue weighted by Crippen LogP contribution is 2.34. The van der Waals surface area contributed by atoms with Crippen molar-refractivity contribution in [3.05, 3.63) is 35.7 Å². The van der Waals surface area contributed by atoms with Crippen LogP contribution < -0.4 is 10.2 Å². The van der Waals surface area contributed by atoms with Gasteiger partial charge in [0.25, 0.3) is 0 Å². The largest absolute Gasteiger partial charge is 0.354 e. The Morgan fingerprint density at radius 2 is 2.30 bits per heavy atom. The summed E-state index contributed by atoms with van der Waals surface area (Å²) in [4.78, 5) is 31.3. The summed E-state index contributed by atoms with van der Waals surface area (Å²) in [6.07, 6.45) is 6.90. The molecule has 7 nitrogen and oxygen atoms in total. The Bertz CT molecular complexity index is 1000. The molecular formula is C19H21ClN6O. The number of nitrogens with zero attached hydrogens (tertiary/aromatic N) is 4. The van der Waals surface area contributed by atoms with E-state index >= 15 is 0 Å². The van der Waals surface area contributed by atoms with Crippen molar-refractivity contribution in [3.8, 4) is 11.4 Å². The number of carbonyl (C=O) groups excluding carboxylic acids is 1. The van der Waals surface area contributed by atoms with Crippen LogP contribution >= 0.6 is 11.6 Å². The van der Waals surface area contributed by atoms with Crippen LogP contribution in [0.25, 0.3) is 22.4 Å².